The van der Waals surface area contributed by atoms with Crippen LogP contribution in [0.15, 0.2) is 12.3 Å². The van der Waals surface area contributed by atoms with E-state index in [2.05, 4.69) is 0 Å². The summed E-state index contributed by atoms with van der Waals surface area (Å²) in [6.45, 7) is 9.85. The first kappa shape index (κ1) is 22.0. The Balaban J connectivity index is 3.19. The molecule has 1 aliphatic heterocycles. The number of hydrogen-bond donors (Lipinski definition) is 3. The van der Waals surface area contributed by atoms with Crippen LogP contribution in [0.5, 0.6) is 0 Å². The summed E-state index contributed by atoms with van der Waals surface area (Å²) >= 11 is 0. The fourth-order valence-corrected chi connectivity index (χ4v) is 3.58. The van der Waals surface area contributed by atoms with Crippen LogP contribution >= 0.6 is 0 Å². The van der Waals surface area contributed by atoms with Gasteiger partial charge in [0.05, 0.1) is 12.7 Å². The fraction of sp³-hybridized carbons (Fsp3) is 0.765. The predicted molar refractivity (Wildman–Crippen MR) is 95.9 cm³/mol. The molecule has 144 valence electrons. The van der Waals surface area contributed by atoms with Gasteiger partial charge in [-0.2, -0.15) is 0 Å². The quantitative estimate of drug-likeness (QED) is 0.454. The van der Waals surface area contributed by atoms with Crippen LogP contribution < -0.4 is 0 Å². The molecule has 3 N–H and O–H groups in total. The summed E-state index contributed by atoms with van der Waals surface area (Å²) in [6, 6.07) is 0. The standard InChI is InChI=1S/C17H31NO6Si/c1-11(20)7-8-18(12(2)21)16-13(15(22)14(10-19)24-16)9-17(3,4)25(5,6)23/h7-8,13-16,19,22-23H,9-10H2,1-6H3/b8-7-/t13-,14+,15?,16+/m0/s1. The molecule has 7 nitrogen and oxygen atoms in total. The van der Waals surface area contributed by atoms with Crippen LogP contribution in [-0.2, 0) is 14.3 Å². The molecule has 0 aliphatic carbocycles. The molecule has 1 unspecified atom stereocenters. The van der Waals surface area contributed by atoms with Gasteiger partial charge in [0.25, 0.3) is 0 Å². The van der Waals surface area contributed by atoms with Crippen molar-refractivity contribution < 1.29 is 29.3 Å². The van der Waals surface area contributed by atoms with Gasteiger partial charge in [0.1, 0.15) is 12.3 Å². The number of aliphatic hydroxyl groups is 2. The van der Waals surface area contributed by atoms with E-state index in [9.17, 15) is 24.6 Å². The minimum Gasteiger partial charge on any atom is -0.432 e. The molecule has 1 rings (SSSR count). The first-order valence-electron chi connectivity index (χ1n) is 8.46. The number of ether oxygens (including phenoxy) is 1. The van der Waals surface area contributed by atoms with Crippen LogP contribution in [0.3, 0.4) is 0 Å². The zero-order valence-corrected chi connectivity index (χ0v) is 16.9. The summed E-state index contributed by atoms with van der Waals surface area (Å²) in [4.78, 5) is 35.1. The molecule has 0 aromatic heterocycles. The van der Waals surface area contributed by atoms with E-state index in [1.165, 1.54) is 31.0 Å². The second-order valence-corrected chi connectivity index (χ2v) is 12.4. The maximum absolute atomic E-state index is 12.1. The number of carbonyl (C=O) groups excluding carboxylic acids is 2. The van der Waals surface area contributed by atoms with E-state index in [1.807, 2.05) is 26.9 Å². The Bertz CT molecular complexity index is 528. The van der Waals surface area contributed by atoms with Crippen molar-refractivity contribution in [3.8, 4) is 0 Å². The van der Waals surface area contributed by atoms with E-state index in [0.717, 1.165) is 0 Å². The Morgan fingerprint density at radius 3 is 2.24 bits per heavy atom. The van der Waals surface area contributed by atoms with Gasteiger partial charge in [-0.25, -0.2) is 0 Å². The molecule has 25 heavy (non-hydrogen) atoms. The lowest BCUT2D eigenvalue weighted by Gasteiger charge is -2.39. The molecule has 1 amide bonds. The number of carbonyl (C=O) groups is 2. The van der Waals surface area contributed by atoms with Crippen molar-refractivity contribution >= 4 is 20.0 Å². The highest BCUT2D eigenvalue weighted by atomic mass is 28.4. The molecule has 1 heterocycles. The van der Waals surface area contributed by atoms with Gasteiger partial charge in [-0.3, -0.25) is 14.5 Å². The number of allylic oxidation sites excluding steroid dienone is 1. The maximum Gasteiger partial charge on any atom is 0.225 e. The van der Waals surface area contributed by atoms with Crippen LogP contribution in [0.1, 0.15) is 34.1 Å². The van der Waals surface area contributed by atoms with Crippen molar-refractivity contribution in [3.63, 3.8) is 0 Å². The van der Waals surface area contributed by atoms with Crippen LogP contribution in [0, 0.1) is 5.92 Å². The molecule has 4 atom stereocenters. The van der Waals surface area contributed by atoms with Gasteiger partial charge >= 0.3 is 0 Å². The number of nitrogens with zero attached hydrogens (tertiary/aromatic N) is 1. The second-order valence-electron chi connectivity index (χ2n) is 7.90. The third kappa shape index (κ3) is 5.21. The summed E-state index contributed by atoms with van der Waals surface area (Å²) in [5.41, 5.74) is 0. The van der Waals surface area contributed by atoms with Gasteiger partial charge in [0, 0.05) is 19.0 Å². The van der Waals surface area contributed by atoms with Gasteiger partial charge < -0.3 is 19.7 Å². The monoisotopic (exact) mass is 373 g/mol. The Morgan fingerprint density at radius 2 is 1.84 bits per heavy atom. The Labute approximate surface area is 150 Å². The highest BCUT2D eigenvalue weighted by Gasteiger charge is 2.51. The first-order valence-corrected chi connectivity index (χ1v) is 11.4. The average Bonchev–Trinajstić information content (AvgIpc) is 2.74. The normalized spacial score (nSPS) is 27.7. The number of amides is 1. The highest BCUT2D eigenvalue weighted by Crippen LogP contribution is 2.46. The van der Waals surface area contributed by atoms with Gasteiger partial charge in [-0.15, -0.1) is 0 Å². The summed E-state index contributed by atoms with van der Waals surface area (Å²) in [7, 11) is -2.55. The van der Waals surface area contributed by atoms with Crippen LogP contribution in [0.4, 0.5) is 0 Å². The molecule has 0 aromatic rings. The van der Waals surface area contributed by atoms with E-state index >= 15 is 0 Å². The topological polar surface area (TPSA) is 107 Å². The van der Waals surface area contributed by atoms with Gasteiger partial charge in [-0.05, 0) is 37.6 Å². The molecule has 0 radical (unpaired) electrons. The SMILES string of the molecule is CC(=O)/C=C\N(C(C)=O)[C@@H]1O[C@H](CO)C(O)[C@@H]1CC(C)(C)[Si](C)(C)O. The van der Waals surface area contributed by atoms with Crippen LogP contribution in [0.2, 0.25) is 18.1 Å². The van der Waals surface area contributed by atoms with Crippen molar-refractivity contribution in [3.05, 3.63) is 12.3 Å². The average molecular weight is 374 g/mol. The first-order chi connectivity index (χ1) is 11.3. The number of hydrogen-bond acceptors (Lipinski definition) is 6. The van der Waals surface area contributed by atoms with Crippen molar-refractivity contribution in [2.75, 3.05) is 6.61 Å². The molecule has 1 saturated heterocycles. The second kappa shape index (κ2) is 8.09. The minimum atomic E-state index is -2.55. The number of ketones is 1. The molecule has 1 aliphatic rings. The summed E-state index contributed by atoms with van der Waals surface area (Å²) in [5, 5.41) is 19.6. The third-order valence-electron chi connectivity index (χ3n) is 5.19. The molecule has 8 heteroatoms. The predicted octanol–water partition coefficient (Wildman–Crippen LogP) is 1.000. The smallest absolute Gasteiger partial charge is 0.225 e. The number of rotatable bonds is 7. The molecule has 1 fully saturated rings. The molecule has 0 bridgehead atoms. The Hall–Kier alpha value is -1.06. The lowest BCUT2D eigenvalue weighted by atomic mass is 9.89. The van der Waals surface area contributed by atoms with Crippen molar-refractivity contribution in [1.82, 2.24) is 4.90 Å². The molecular formula is C17H31NO6Si. The highest BCUT2D eigenvalue weighted by molar-refractivity contribution is 6.72. The lowest BCUT2D eigenvalue weighted by molar-refractivity contribution is -0.141. The van der Waals surface area contributed by atoms with Crippen molar-refractivity contribution in [2.24, 2.45) is 5.92 Å². The zero-order chi connectivity index (χ0) is 19.6. The van der Waals surface area contributed by atoms with E-state index in [0.29, 0.717) is 6.42 Å². The maximum atomic E-state index is 12.1. The van der Waals surface area contributed by atoms with Crippen LogP contribution in [-0.4, -0.2) is 65.0 Å². The third-order valence-corrected chi connectivity index (χ3v) is 8.71. The summed E-state index contributed by atoms with van der Waals surface area (Å²) in [6.07, 6.45) is 0.429. The van der Waals surface area contributed by atoms with Gasteiger partial charge in [-0.1, -0.05) is 13.8 Å². The van der Waals surface area contributed by atoms with Gasteiger partial charge in [0.15, 0.2) is 14.1 Å². The van der Waals surface area contributed by atoms with Crippen LogP contribution in [0.25, 0.3) is 0 Å². The van der Waals surface area contributed by atoms with Crippen molar-refractivity contribution in [1.29, 1.82) is 0 Å². The molecular weight excluding hydrogens is 342 g/mol. The lowest BCUT2D eigenvalue weighted by Crippen LogP contribution is -2.46. The Morgan fingerprint density at radius 1 is 1.28 bits per heavy atom. The molecule has 0 aromatic carbocycles. The zero-order valence-electron chi connectivity index (χ0n) is 15.9. The molecule has 0 saturated carbocycles. The summed E-state index contributed by atoms with van der Waals surface area (Å²) in [5.74, 6) is -1.05. The fourth-order valence-electron chi connectivity index (χ4n) is 2.84. The minimum absolute atomic E-state index is 0.218. The summed E-state index contributed by atoms with van der Waals surface area (Å²) < 4.78 is 5.73. The Kier molecular flexibility index (Phi) is 7.11. The van der Waals surface area contributed by atoms with E-state index in [-0.39, 0.29) is 18.3 Å². The largest absolute Gasteiger partial charge is 0.432 e. The van der Waals surface area contributed by atoms with E-state index in [4.69, 9.17) is 4.74 Å². The van der Waals surface area contributed by atoms with Crippen molar-refractivity contribution in [2.45, 2.75) is 70.7 Å². The van der Waals surface area contributed by atoms with E-state index in [1.54, 1.807) is 0 Å². The number of aliphatic hydroxyl groups excluding tert-OH is 2. The van der Waals surface area contributed by atoms with E-state index < -0.39 is 37.7 Å². The molecule has 0 spiro atoms. The van der Waals surface area contributed by atoms with Gasteiger partial charge in [0.2, 0.25) is 5.91 Å².